The Bertz CT molecular complexity index is 927. The van der Waals surface area contributed by atoms with Crippen molar-refractivity contribution < 1.29 is 13.3 Å². The third-order valence-electron chi connectivity index (χ3n) is 3.46. The van der Waals surface area contributed by atoms with Crippen LogP contribution in [0.2, 0.25) is 0 Å². The summed E-state index contributed by atoms with van der Waals surface area (Å²) >= 11 is 0. The highest BCUT2D eigenvalue weighted by Crippen LogP contribution is 2.31. The van der Waals surface area contributed by atoms with E-state index in [4.69, 9.17) is 0 Å². The van der Waals surface area contributed by atoms with Crippen molar-refractivity contribution in [2.75, 3.05) is 10.6 Å². The molecule has 0 fully saturated rings. The van der Waals surface area contributed by atoms with Gasteiger partial charge in [-0.05, 0) is 58.0 Å². The lowest BCUT2D eigenvalue weighted by Gasteiger charge is -2.13. The van der Waals surface area contributed by atoms with Gasteiger partial charge in [-0.2, -0.15) is 0 Å². The topological polar surface area (TPSA) is 113 Å². The van der Waals surface area contributed by atoms with Crippen LogP contribution >= 0.6 is 0 Å². The molecule has 0 amide bonds. The fourth-order valence-electron chi connectivity index (χ4n) is 2.49. The first-order valence-electron chi connectivity index (χ1n) is 8.53. The van der Waals surface area contributed by atoms with E-state index in [1.807, 2.05) is 32.0 Å². The smallest absolute Gasteiger partial charge is 0.294 e. The number of hydrogen-bond acceptors (Lipinski definition) is 6. The molecule has 0 heterocycles. The summed E-state index contributed by atoms with van der Waals surface area (Å²) in [6.45, 7) is 7.38. The van der Waals surface area contributed by atoms with Crippen molar-refractivity contribution >= 4 is 32.8 Å². The van der Waals surface area contributed by atoms with Gasteiger partial charge < -0.3 is 10.6 Å². The van der Waals surface area contributed by atoms with Crippen LogP contribution < -0.4 is 15.4 Å². The zero-order chi connectivity index (χ0) is 20.2. The predicted molar refractivity (Wildman–Crippen MR) is 107 cm³/mol. The van der Waals surface area contributed by atoms with Crippen LogP contribution in [0.25, 0.3) is 0 Å². The van der Waals surface area contributed by atoms with Gasteiger partial charge in [0.2, 0.25) is 10.0 Å². The summed E-state index contributed by atoms with van der Waals surface area (Å²) in [5.41, 5.74) is 1.42. The zero-order valence-corrected chi connectivity index (χ0v) is 16.5. The molecule has 27 heavy (non-hydrogen) atoms. The van der Waals surface area contributed by atoms with E-state index in [0.717, 1.165) is 11.8 Å². The fourth-order valence-corrected chi connectivity index (χ4v) is 3.76. The van der Waals surface area contributed by atoms with E-state index in [1.54, 1.807) is 19.9 Å². The van der Waals surface area contributed by atoms with Crippen LogP contribution in [0.4, 0.5) is 22.7 Å². The predicted octanol–water partition coefficient (Wildman–Crippen LogP) is 3.85. The first-order valence-corrected chi connectivity index (χ1v) is 10.0. The van der Waals surface area contributed by atoms with Crippen molar-refractivity contribution in [2.45, 2.75) is 44.7 Å². The first kappa shape index (κ1) is 20.7. The van der Waals surface area contributed by atoms with E-state index in [2.05, 4.69) is 15.4 Å². The van der Waals surface area contributed by atoms with Gasteiger partial charge in [0.25, 0.3) is 5.69 Å². The molecule has 2 aromatic carbocycles. The van der Waals surface area contributed by atoms with Crippen LogP contribution in [0.1, 0.15) is 27.7 Å². The van der Waals surface area contributed by atoms with Gasteiger partial charge in [0.05, 0.1) is 9.82 Å². The molecule has 0 saturated heterocycles. The molecule has 0 spiro atoms. The molecule has 146 valence electrons. The minimum Gasteiger partial charge on any atom is -0.383 e. The summed E-state index contributed by atoms with van der Waals surface area (Å²) in [5, 5.41) is 17.7. The number of benzene rings is 2. The first-order chi connectivity index (χ1) is 12.6. The maximum atomic E-state index is 12.3. The number of hydrogen-bond donors (Lipinski definition) is 3. The van der Waals surface area contributed by atoms with E-state index in [9.17, 15) is 18.5 Å². The SMILES string of the molecule is CC(C)Nc1cccc(Nc2ccc(S(=O)(=O)NC(C)C)cc2[N+](=O)[O-])c1. The van der Waals surface area contributed by atoms with Crippen LogP contribution in [0.5, 0.6) is 0 Å². The number of nitro benzene ring substituents is 1. The molecule has 9 heteroatoms. The lowest BCUT2D eigenvalue weighted by atomic mass is 10.2. The Morgan fingerprint density at radius 2 is 1.63 bits per heavy atom. The van der Waals surface area contributed by atoms with Gasteiger partial charge in [0, 0.05) is 29.5 Å². The number of anilines is 3. The second kappa shape index (κ2) is 8.36. The molecule has 3 N–H and O–H groups in total. The molecule has 2 rings (SSSR count). The van der Waals surface area contributed by atoms with Gasteiger partial charge in [0.1, 0.15) is 5.69 Å². The van der Waals surface area contributed by atoms with Crippen LogP contribution in [-0.2, 0) is 10.0 Å². The molecule has 0 atom stereocenters. The fraction of sp³-hybridized carbons (Fsp3) is 0.333. The van der Waals surface area contributed by atoms with Gasteiger partial charge in [-0.1, -0.05) is 6.07 Å². The summed E-state index contributed by atoms with van der Waals surface area (Å²) in [6, 6.07) is 11.1. The highest BCUT2D eigenvalue weighted by molar-refractivity contribution is 7.89. The Labute approximate surface area is 159 Å². The maximum absolute atomic E-state index is 12.3. The maximum Gasteiger partial charge on any atom is 0.294 e. The van der Waals surface area contributed by atoms with Crippen molar-refractivity contribution in [3.8, 4) is 0 Å². The summed E-state index contributed by atoms with van der Waals surface area (Å²) < 4.78 is 27.0. The summed E-state index contributed by atoms with van der Waals surface area (Å²) in [4.78, 5) is 10.7. The van der Waals surface area contributed by atoms with Crippen LogP contribution in [0.3, 0.4) is 0 Å². The molecule has 0 radical (unpaired) electrons. The molecule has 8 nitrogen and oxygen atoms in total. The molecule has 2 aromatic rings. The summed E-state index contributed by atoms with van der Waals surface area (Å²) in [5.74, 6) is 0. The van der Waals surface area contributed by atoms with Gasteiger partial charge in [-0.3, -0.25) is 10.1 Å². The Hall–Kier alpha value is -2.65. The van der Waals surface area contributed by atoms with E-state index >= 15 is 0 Å². The highest BCUT2D eigenvalue weighted by Gasteiger charge is 2.22. The molecule has 0 unspecified atom stereocenters. The lowest BCUT2D eigenvalue weighted by molar-refractivity contribution is -0.384. The van der Waals surface area contributed by atoms with Crippen molar-refractivity contribution in [3.05, 3.63) is 52.6 Å². The highest BCUT2D eigenvalue weighted by atomic mass is 32.2. The number of sulfonamides is 1. The molecule has 0 aliphatic heterocycles. The average Bonchev–Trinajstić information content (AvgIpc) is 2.53. The molecule has 0 aliphatic rings. The number of nitro groups is 1. The quantitative estimate of drug-likeness (QED) is 0.464. The second-order valence-corrected chi connectivity index (χ2v) is 8.43. The monoisotopic (exact) mass is 392 g/mol. The van der Waals surface area contributed by atoms with Crippen molar-refractivity contribution in [2.24, 2.45) is 0 Å². The molecule has 0 saturated carbocycles. The van der Waals surface area contributed by atoms with E-state index in [-0.39, 0.29) is 28.4 Å². The van der Waals surface area contributed by atoms with E-state index in [0.29, 0.717) is 5.69 Å². The Morgan fingerprint density at radius 1 is 0.963 bits per heavy atom. The molecular weight excluding hydrogens is 368 g/mol. The minimum atomic E-state index is -3.82. The average molecular weight is 392 g/mol. The van der Waals surface area contributed by atoms with Crippen molar-refractivity contribution in [1.29, 1.82) is 0 Å². The lowest BCUT2D eigenvalue weighted by Crippen LogP contribution is -2.30. The third kappa shape index (κ3) is 5.66. The molecule has 0 aliphatic carbocycles. The minimum absolute atomic E-state index is 0.149. The molecular formula is C18H24N4O4S. The normalized spacial score (nSPS) is 11.6. The van der Waals surface area contributed by atoms with Crippen LogP contribution in [-0.4, -0.2) is 25.4 Å². The zero-order valence-electron chi connectivity index (χ0n) is 15.7. The van der Waals surface area contributed by atoms with Crippen molar-refractivity contribution in [3.63, 3.8) is 0 Å². The van der Waals surface area contributed by atoms with Gasteiger partial charge in [-0.15, -0.1) is 0 Å². The molecule has 0 bridgehead atoms. The second-order valence-electron chi connectivity index (χ2n) is 6.72. The number of nitrogens with one attached hydrogen (secondary N) is 3. The van der Waals surface area contributed by atoms with Gasteiger partial charge >= 0.3 is 0 Å². The summed E-state index contributed by atoms with van der Waals surface area (Å²) in [6.07, 6.45) is 0. The third-order valence-corrected chi connectivity index (χ3v) is 5.12. The number of nitrogens with zero attached hydrogens (tertiary/aromatic N) is 1. The standard InChI is InChI=1S/C18H24N4O4S/c1-12(2)19-14-6-5-7-15(10-14)20-17-9-8-16(11-18(17)22(23)24)27(25,26)21-13(3)4/h5-13,19-21H,1-4H3. The van der Waals surface area contributed by atoms with Gasteiger partial charge in [0.15, 0.2) is 0 Å². The van der Waals surface area contributed by atoms with E-state index in [1.165, 1.54) is 12.1 Å². The van der Waals surface area contributed by atoms with Gasteiger partial charge in [-0.25, -0.2) is 13.1 Å². The van der Waals surface area contributed by atoms with Crippen LogP contribution in [0, 0.1) is 10.1 Å². The Morgan fingerprint density at radius 3 is 2.22 bits per heavy atom. The largest absolute Gasteiger partial charge is 0.383 e. The molecule has 0 aromatic heterocycles. The van der Waals surface area contributed by atoms with Crippen LogP contribution in [0.15, 0.2) is 47.4 Å². The number of rotatable bonds is 8. The van der Waals surface area contributed by atoms with E-state index < -0.39 is 14.9 Å². The Balaban J connectivity index is 2.37. The Kier molecular flexibility index (Phi) is 6.40. The van der Waals surface area contributed by atoms with Crippen molar-refractivity contribution in [1.82, 2.24) is 4.72 Å². The summed E-state index contributed by atoms with van der Waals surface area (Å²) in [7, 11) is -3.82.